The molecule has 2 rings (SSSR count). The third-order valence-electron chi connectivity index (χ3n) is 3.09. The van der Waals surface area contributed by atoms with E-state index < -0.39 is 0 Å². The number of benzene rings is 1. The largest absolute Gasteiger partial charge is 0.310 e. The van der Waals surface area contributed by atoms with Crippen LogP contribution in [0, 0.1) is 0 Å². The van der Waals surface area contributed by atoms with Gasteiger partial charge in [0.2, 0.25) is 0 Å². The lowest BCUT2D eigenvalue weighted by atomic mass is 10.0. The molecule has 0 unspecified atom stereocenters. The monoisotopic (exact) mass is 327 g/mol. The van der Waals surface area contributed by atoms with Gasteiger partial charge in [0, 0.05) is 10.2 Å². The third kappa shape index (κ3) is 2.46. The maximum absolute atomic E-state index is 6.13. The Hall–Kier alpha value is -0.840. The molecule has 2 aromatic rings. The van der Waals surface area contributed by atoms with E-state index in [1.807, 2.05) is 36.0 Å². The van der Waals surface area contributed by atoms with Gasteiger partial charge in [-0.15, -0.1) is 0 Å². The molecule has 1 N–H and O–H groups in total. The standard InChI is InChI=1S/C13H15BrClN3/c1-13(2,16-3)12-7-17-8-18(12)9-4-5-10(14)11(15)6-9/h4-8,16H,1-3H3. The molecule has 0 saturated carbocycles. The van der Waals surface area contributed by atoms with Crippen LogP contribution in [0.1, 0.15) is 19.5 Å². The van der Waals surface area contributed by atoms with Crippen molar-refractivity contribution in [2.75, 3.05) is 7.05 Å². The Morgan fingerprint density at radius 2 is 2.11 bits per heavy atom. The molecule has 0 atom stereocenters. The van der Waals surface area contributed by atoms with Crippen molar-refractivity contribution in [3.8, 4) is 5.69 Å². The molecule has 0 bridgehead atoms. The Bertz CT molecular complexity index is 563. The van der Waals surface area contributed by atoms with Gasteiger partial charge in [0.05, 0.1) is 28.8 Å². The van der Waals surface area contributed by atoms with Crippen molar-refractivity contribution >= 4 is 27.5 Å². The lowest BCUT2D eigenvalue weighted by Crippen LogP contribution is -2.35. The first-order chi connectivity index (χ1) is 8.45. The predicted octanol–water partition coefficient (Wildman–Crippen LogP) is 3.74. The number of aromatic nitrogens is 2. The van der Waals surface area contributed by atoms with Gasteiger partial charge < -0.3 is 9.88 Å². The second kappa shape index (κ2) is 5.03. The second-order valence-corrected chi connectivity index (χ2v) is 5.88. The van der Waals surface area contributed by atoms with Crippen molar-refractivity contribution in [2.24, 2.45) is 0 Å². The number of hydrogen-bond acceptors (Lipinski definition) is 2. The third-order valence-corrected chi connectivity index (χ3v) is 4.32. The second-order valence-electron chi connectivity index (χ2n) is 4.62. The van der Waals surface area contributed by atoms with Crippen LogP contribution in [0.5, 0.6) is 0 Å². The van der Waals surface area contributed by atoms with E-state index in [0.717, 1.165) is 15.9 Å². The Labute approximate surface area is 120 Å². The fraction of sp³-hybridized carbons (Fsp3) is 0.308. The Morgan fingerprint density at radius 1 is 1.39 bits per heavy atom. The molecule has 1 aromatic heterocycles. The minimum absolute atomic E-state index is 0.157. The molecule has 0 amide bonds. The zero-order valence-corrected chi connectivity index (χ0v) is 12.9. The van der Waals surface area contributed by atoms with E-state index in [2.05, 4.69) is 40.1 Å². The van der Waals surface area contributed by atoms with E-state index in [1.54, 1.807) is 6.33 Å². The molecule has 0 saturated heterocycles. The highest BCUT2D eigenvalue weighted by molar-refractivity contribution is 9.10. The van der Waals surface area contributed by atoms with Crippen molar-refractivity contribution < 1.29 is 0 Å². The van der Waals surface area contributed by atoms with Crippen LogP contribution in [0.15, 0.2) is 35.2 Å². The van der Waals surface area contributed by atoms with Crippen molar-refractivity contribution in [3.63, 3.8) is 0 Å². The summed E-state index contributed by atoms with van der Waals surface area (Å²) in [6.45, 7) is 4.22. The van der Waals surface area contributed by atoms with Gasteiger partial charge >= 0.3 is 0 Å². The van der Waals surface area contributed by atoms with E-state index in [9.17, 15) is 0 Å². The number of hydrogen-bond donors (Lipinski definition) is 1. The van der Waals surface area contributed by atoms with Crippen LogP contribution in [0.2, 0.25) is 5.02 Å². The molecule has 18 heavy (non-hydrogen) atoms. The number of halogens is 2. The van der Waals surface area contributed by atoms with Gasteiger partial charge in [-0.2, -0.15) is 0 Å². The smallest absolute Gasteiger partial charge is 0.0994 e. The first-order valence-corrected chi connectivity index (χ1v) is 6.80. The minimum atomic E-state index is -0.157. The van der Waals surface area contributed by atoms with Crippen molar-refractivity contribution in [1.29, 1.82) is 0 Å². The molecule has 0 aliphatic heterocycles. The number of rotatable bonds is 3. The zero-order chi connectivity index (χ0) is 13.3. The van der Waals surface area contributed by atoms with Gasteiger partial charge in [-0.25, -0.2) is 4.98 Å². The van der Waals surface area contributed by atoms with E-state index >= 15 is 0 Å². The Kier molecular flexibility index (Phi) is 3.80. The average Bonchev–Trinajstić information content (AvgIpc) is 2.82. The molecule has 0 spiro atoms. The molecular weight excluding hydrogens is 314 g/mol. The maximum atomic E-state index is 6.13. The molecule has 0 fully saturated rings. The molecule has 1 heterocycles. The van der Waals surface area contributed by atoms with Crippen LogP contribution in [-0.2, 0) is 5.54 Å². The molecular formula is C13H15BrClN3. The van der Waals surface area contributed by atoms with Crippen LogP contribution >= 0.6 is 27.5 Å². The van der Waals surface area contributed by atoms with E-state index in [0.29, 0.717) is 5.02 Å². The van der Waals surface area contributed by atoms with E-state index in [1.165, 1.54) is 0 Å². The van der Waals surface area contributed by atoms with Gasteiger partial charge in [-0.05, 0) is 55.0 Å². The summed E-state index contributed by atoms with van der Waals surface area (Å²) in [5.41, 5.74) is 1.93. The van der Waals surface area contributed by atoms with Crippen molar-refractivity contribution in [2.45, 2.75) is 19.4 Å². The van der Waals surface area contributed by atoms with Crippen LogP contribution < -0.4 is 5.32 Å². The Balaban J connectivity index is 2.52. The van der Waals surface area contributed by atoms with Gasteiger partial charge in [0.15, 0.2) is 0 Å². The summed E-state index contributed by atoms with van der Waals surface area (Å²) in [4.78, 5) is 4.23. The lowest BCUT2D eigenvalue weighted by Gasteiger charge is -2.25. The van der Waals surface area contributed by atoms with Gasteiger partial charge in [0.1, 0.15) is 0 Å². The zero-order valence-electron chi connectivity index (χ0n) is 10.5. The normalized spacial score (nSPS) is 11.8. The highest BCUT2D eigenvalue weighted by atomic mass is 79.9. The molecule has 0 radical (unpaired) electrons. The van der Waals surface area contributed by atoms with Gasteiger partial charge in [-0.3, -0.25) is 0 Å². The lowest BCUT2D eigenvalue weighted by molar-refractivity contribution is 0.425. The van der Waals surface area contributed by atoms with Crippen LogP contribution in [0.25, 0.3) is 5.69 Å². The summed E-state index contributed by atoms with van der Waals surface area (Å²) in [6, 6.07) is 5.86. The highest BCUT2D eigenvalue weighted by Crippen LogP contribution is 2.28. The summed E-state index contributed by atoms with van der Waals surface area (Å²) in [7, 11) is 1.94. The van der Waals surface area contributed by atoms with Crippen LogP contribution in [0.4, 0.5) is 0 Å². The van der Waals surface area contributed by atoms with Gasteiger partial charge in [0.25, 0.3) is 0 Å². The molecule has 0 aliphatic carbocycles. The van der Waals surface area contributed by atoms with Crippen molar-refractivity contribution in [3.05, 3.63) is 45.9 Å². The molecule has 3 nitrogen and oxygen atoms in total. The molecule has 5 heteroatoms. The van der Waals surface area contributed by atoms with Gasteiger partial charge in [-0.1, -0.05) is 11.6 Å². The fourth-order valence-corrected chi connectivity index (χ4v) is 2.15. The topological polar surface area (TPSA) is 29.9 Å². The first kappa shape index (κ1) is 13.6. The maximum Gasteiger partial charge on any atom is 0.0994 e. The Morgan fingerprint density at radius 3 is 2.72 bits per heavy atom. The van der Waals surface area contributed by atoms with Crippen LogP contribution in [0.3, 0.4) is 0 Å². The number of nitrogens with one attached hydrogen (secondary N) is 1. The predicted molar refractivity (Wildman–Crippen MR) is 78.4 cm³/mol. The first-order valence-electron chi connectivity index (χ1n) is 5.63. The summed E-state index contributed by atoms with van der Waals surface area (Å²) < 4.78 is 2.93. The molecule has 0 aliphatic rings. The van der Waals surface area contributed by atoms with E-state index in [4.69, 9.17) is 11.6 Å². The molecule has 96 valence electrons. The molecule has 1 aromatic carbocycles. The average molecular weight is 329 g/mol. The van der Waals surface area contributed by atoms with E-state index in [-0.39, 0.29) is 5.54 Å². The quantitative estimate of drug-likeness (QED) is 0.930. The number of nitrogens with zero attached hydrogens (tertiary/aromatic N) is 2. The van der Waals surface area contributed by atoms with Crippen LogP contribution in [-0.4, -0.2) is 16.6 Å². The summed E-state index contributed by atoms with van der Waals surface area (Å²) >= 11 is 9.53. The van der Waals surface area contributed by atoms with Crippen molar-refractivity contribution in [1.82, 2.24) is 14.9 Å². The highest BCUT2D eigenvalue weighted by Gasteiger charge is 2.22. The SMILES string of the molecule is CNC(C)(C)c1cncn1-c1ccc(Br)c(Cl)c1. The fourth-order valence-electron chi connectivity index (χ4n) is 1.73. The number of imidazole rings is 1. The summed E-state index contributed by atoms with van der Waals surface area (Å²) in [6.07, 6.45) is 3.67. The minimum Gasteiger partial charge on any atom is -0.310 e. The summed E-state index contributed by atoms with van der Waals surface area (Å²) in [5, 5.41) is 3.97. The summed E-state index contributed by atoms with van der Waals surface area (Å²) in [5.74, 6) is 0.